The standard InChI is InChI=1S/C16H16FNO.C16H15FO.C2H4O2.C2H4O.2C2H6.2Na.H2O.H/c1-11-8-15(17)9-14(12(11)2)10-16(18-19)13-6-4-3-5-7-13;1-11-8-15(17)9-14(12(11)2)10-16(18)13-6-4-3-5-7-13;1-2(3)4;1-2-3;2*1-2;;;;/h3-9,19H,10H2,1-2H3;3-9H,10H2,1-2H3;1H3,(H,3,4);2H,1H3;2*1-2H3;;;1H2;/q;;;;;;2*+1;;-1/p-1/b18-16+;;;;;;;;;. The molecule has 7 nitrogen and oxygen atoms in total. The fraction of sp³-hybridized carbons (Fsp3) is 0.300. The molecule has 4 rings (SSSR count). The van der Waals surface area contributed by atoms with Crippen molar-refractivity contribution >= 4 is 23.8 Å². The number of ketones is 1. The van der Waals surface area contributed by atoms with E-state index in [0.29, 0.717) is 17.7 Å². The van der Waals surface area contributed by atoms with Gasteiger partial charge in [-0.25, -0.2) is 8.78 Å². The number of hydrogen-bond acceptors (Lipinski definition) is 6. The largest absolute Gasteiger partial charge is 1.00 e. The van der Waals surface area contributed by atoms with Gasteiger partial charge in [-0.05, 0) is 105 Å². The van der Waals surface area contributed by atoms with Crippen LogP contribution in [0.4, 0.5) is 8.78 Å². The number of carboxylic acid groups (broad SMARTS) is 1. The number of aldehydes is 1. The molecule has 0 unspecified atom stereocenters. The van der Waals surface area contributed by atoms with Crippen molar-refractivity contribution in [3.63, 3.8) is 0 Å². The summed E-state index contributed by atoms with van der Waals surface area (Å²) in [6.07, 6.45) is 1.40. The van der Waals surface area contributed by atoms with E-state index >= 15 is 0 Å². The Morgan fingerprint density at radius 3 is 1.37 bits per heavy atom. The van der Waals surface area contributed by atoms with Gasteiger partial charge in [0, 0.05) is 24.4 Å². The van der Waals surface area contributed by atoms with Crippen molar-refractivity contribution in [1.29, 1.82) is 0 Å². The predicted octanol–water partition coefficient (Wildman–Crippen LogP) is 2.04. The number of halogens is 2. The molecule has 3 N–H and O–H groups in total. The molecule has 0 fully saturated rings. The normalized spacial score (nSPS) is 8.98. The van der Waals surface area contributed by atoms with Gasteiger partial charge in [-0.15, -0.1) is 0 Å². The molecule has 0 aliphatic carbocycles. The Balaban J connectivity index is -0.000000150. The number of rotatable bonds is 6. The number of carboxylic acids is 1. The summed E-state index contributed by atoms with van der Waals surface area (Å²) in [4.78, 5) is 29.8. The maximum absolute atomic E-state index is 13.5. The maximum Gasteiger partial charge on any atom is 1.00 e. The van der Waals surface area contributed by atoms with Crippen molar-refractivity contribution in [2.45, 2.75) is 82.1 Å². The zero-order valence-corrected chi connectivity index (χ0v) is 36.4. The number of carbonyl (C=O) groups excluding carboxylic acids is 3. The Kier molecular flexibility index (Phi) is 38.3. The number of nitrogens with zero attached hydrogens (tertiary/aromatic N) is 1. The quantitative estimate of drug-likeness (QED) is 0.0810. The van der Waals surface area contributed by atoms with Crippen molar-refractivity contribution in [1.82, 2.24) is 0 Å². The molecular formula is C40H53F2NNa2O6. The number of carbonyl (C=O) groups is 3. The number of benzene rings is 4. The Hall–Kier alpha value is -3.02. The van der Waals surface area contributed by atoms with Crippen LogP contribution in [0.1, 0.15) is 92.3 Å². The predicted molar refractivity (Wildman–Crippen MR) is 195 cm³/mol. The van der Waals surface area contributed by atoms with Gasteiger partial charge in [0.05, 0.1) is 5.71 Å². The molecule has 0 aromatic heterocycles. The third kappa shape index (κ3) is 24.0. The Morgan fingerprint density at radius 1 is 0.725 bits per heavy atom. The smallest absolute Gasteiger partial charge is 1.00 e. The van der Waals surface area contributed by atoms with Crippen molar-refractivity contribution < 1.29 is 99.5 Å². The summed E-state index contributed by atoms with van der Waals surface area (Å²) in [6.45, 7) is 18.0. The second-order valence-corrected chi connectivity index (χ2v) is 9.80. The maximum atomic E-state index is 13.5. The molecule has 51 heavy (non-hydrogen) atoms. The second kappa shape index (κ2) is 34.1. The van der Waals surface area contributed by atoms with Crippen LogP contribution >= 0.6 is 0 Å². The molecule has 0 aliphatic rings. The molecule has 0 bridgehead atoms. The van der Waals surface area contributed by atoms with E-state index in [1.165, 1.54) is 31.2 Å². The second-order valence-electron chi connectivity index (χ2n) is 9.80. The first-order valence-corrected chi connectivity index (χ1v) is 15.8. The van der Waals surface area contributed by atoms with E-state index in [0.717, 1.165) is 52.2 Å². The molecule has 0 aliphatic heterocycles. The van der Waals surface area contributed by atoms with Gasteiger partial charge in [-0.2, -0.15) is 0 Å². The minimum Gasteiger partial charge on any atom is -1.00 e. The average Bonchev–Trinajstić information content (AvgIpc) is 3.07. The summed E-state index contributed by atoms with van der Waals surface area (Å²) in [6, 6.07) is 24.4. The number of aliphatic carboxylic acids is 1. The molecule has 4 aromatic rings. The third-order valence-corrected chi connectivity index (χ3v) is 6.51. The summed E-state index contributed by atoms with van der Waals surface area (Å²) in [7, 11) is 0. The van der Waals surface area contributed by atoms with Crippen LogP contribution in [0, 0.1) is 39.3 Å². The monoisotopic (exact) mass is 727 g/mol. The molecule has 4 aromatic carbocycles. The first-order valence-electron chi connectivity index (χ1n) is 15.8. The van der Waals surface area contributed by atoms with E-state index in [4.69, 9.17) is 19.9 Å². The van der Waals surface area contributed by atoms with Gasteiger partial charge in [0.25, 0.3) is 0 Å². The Labute approximate surface area is 349 Å². The van der Waals surface area contributed by atoms with Crippen LogP contribution in [0.3, 0.4) is 0 Å². The molecule has 0 amide bonds. The minimum absolute atomic E-state index is 0. The third-order valence-electron chi connectivity index (χ3n) is 6.51. The van der Waals surface area contributed by atoms with Gasteiger partial charge >= 0.3 is 59.1 Å². The van der Waals surface area contributed by atoms with Crippen LogP contribution in [-0.4, -0.2) is 34.4 Å². The number of hydrogen-bond donors (Lipinski definition) is 1. The van der Waals surface area contributed by atoms with E-state index in [1.807, 2.05) is 104 Å². The van der Waals surface area contributed by atoms with Crippen molar-refractivity contribution in [3.8, 4) is 0 Å². The minimum atomic E-state index is -1.08. The average molecular weight is 728 g/mol. The van der Waals surface area contributed by atoms with Gasteiger partial charge in [-0.3, -0.25) is 4.79 Å². The summed E-state index contributed by atoms with van der Waals surface area (Å²) in [5.41, 5.74) is 7.44. The van der Waals surface area contributed by atoms with Gasteiger partial charge in [0.15, 0.2) is 5.78 Å². The zero-order chi connectivity index (χ0) is 37.2. The van der Waals surface area contributed by atoms with E-state index < -0.39 is 5.97 Å². The summed E-state index contributed by atoms with van der Waals surface area (Å²) in [5, 5.41) is 21.4. The topological polar surface area (TPSA) is 138 Å². The molecule has 270 valence electrons. The number of aryl methyl sites for hydroxylation is 2. The molecule has 0 saturated carbocycles. The summed E-state index contributed by atoms with van der Waals surface area (Å²) >= 11 is 0. The van der Waals surface area contributed by atoms with Crippen molar-refractivity contribution in [3.05, 3.63) is 141 Å². The molecule has 0 heterocycles. The molecular weight excluding hydrogens is 674 g/mol. The van der Waals surface area contributed by atoms with Crippen molar-refractivity contribution in [2.24, 2.45) is 5.16 Å². The van der Waals surface area contributed by atoms with E-state index in [-0.39, 0.29) is 89.9 Å². The molecule has 0 radical (unpaired) electrons. The fourth-order valence-corrected chi connectivity index (χ4v) is 4.04. The fourth-order valence-electron chi connectivity index (χ4n) is 4.04. The van der Waals surface area contributed by atoms with E-state index in [9.17, 15) is 13.6 Å². The molecule has 0 spiro atoms. The molecule has 0 saturated heterocycles. The molecule has 11 heteroatoms. The van der Waals surface area contributed by atoms with Crippen LogP contribution in [0.25, 0.3) is 0 Å². The SMILES string of the molecule is CC.CC.CC(=O)[O-].CC=O.Cc1cc(F)cc(C/C(=N\O)c2ccccc2)c1C.Cc1cc(F)cc(CC(=O)c2ccccc2)c1C.O.[H-].[Na+].[Na+]. The van der Waals surface area contributed by atoms with E-state index in [1.54, 1.807) is 12.1 Å². The van der Waals surface area contributed by atoms with Gasteiger partial charge in [0.2, 0.25) is 0 Å². The van der Waals surface area contributed by atoms with Crippen molar-refractivity contribution in [2.75, 3.05) is 0 Å². The van der Waals surface area contributed by atoms with Gasteiger partial charge < -0.3 is 26.8 Å². The van der Waals surface area contributed by atoms with Gasteiger partial charge in [0.1, 0.15) is 17.9 Å². The number of oxime groups is 1. The Bertz CT molecular complexity index is 1570. The zero-order valence-electron chi connectivity index (χ0n) is 33.4. The van der Waals surface area contributed by atoms with Gasteiger partial charge in [-0.1, -0.05) is 93.5 Å². The first-order chi connectivity index (χ1) is 22.8. The molecule has 0 atom stereocenters. The van der Waals surface area contributed by atoms with Crippen LogP contribution in [0.15, 0.2) is 90.1 Å². The van der Waals surface area contributed by atoms with E-state index in [2.05, 4.69) is 5.16 Å². The number of Topliss-reactive ketones (excluding diaryl/α,β-unsaturated/α-hetero) is 1. The Morgan fingerprint density at radius 2 is 1.04 bits per heavy atom. The van der Waals surface area contributed by atoms with Crippen LogP contribution < -0.4 is 64.2 Å². The summed E-state index contributed by atoms with van der Waals surface area (Å²) < 4.78 is 26.8. The summed E-state index contributed by atoms with van der Waals surface area (Å²) in [5.74, 6) is -1.61. The van der Waals surface area contributed by atoms with Crippen LogP contribution in [0.5, 0.6) is 0 Å². The van der Waals surface area contributed by atoms with Crippen LogP contribution in [0.2, 0.25) is 0 Å². The first kappa shape index (κ1) is 57.3. The van der Waals surface area contributed by atoms with Crippen LogP contribution in [-0.2, 0) is 22.4 Å².